The molecule has 0 saturated heterocycles. The molecule has 4 nitrogen and oxygen atoms in total. The van der Waals surface area contributed by atoms with Crippen molar-refractivity contribution in [3.05, 3.63) is 54.4 Å². The highest BCUT2D eigenvalue weighted by atomic mass is 15.1. The summed E-state index contributed by atoms with van der Waals surface area (Å²) in [5, 5.41) is 8.96. The zero-order valence-electron chi connectivity index (χ0n) is 12.8. The lowest BCUT2D eigenvalue weighted by molar-refractivity contribution is 0.866. The maximum absolute atomic E-state index is 8.96. The fraction of sp³-hybridized carbons (Fsp3) is 0.222. The average Bonchev–Trinajstić information content (AvgIpc) is 2.99. The molecule has 2 aromatic heterocycles. The molecule has 1 aromatic carbocycles. The van der Waals surface area contributed by atoms with Crippen LogP contribution >= 0.6 is 0 Å². The van der Waals surface area contributed by atoms with Gasteiger partial charge in [0.1, 0.15) is 11.7 Å². The predicted octanol–water partition coefficient (Wildman–Crippen LogP) is 3.72. The van der Waals surface area contributed by atoms with Crippen LogP contribution < -0.4 is 4.90 Å². The van der Waals surface area contributed by atoms with Crippen LogP contribution in [0.1, 0.15) is 19.4 Å². The van der Waals surface area contributed by atoms with Gasteiger partial charge in [-0.05, 0) is 38.1 Å². The first kappa shape index (κ1) is 14.2. The van der Waals surface area contributed by atoms with Crippen LogP contribution in [0.25, 0.3) is 16.9 Å². The summed E-state index contributed by atoms with van der Waals surface area (Å²) in [5.41, 5.74) is 4.71. The molecule has 0 spiro atoms. The highest BCUT2D eigenvalue weighted by Gasteiger charge is 2.06. The van der Waals surface area contributed by atoms with Crippen molar-refractivity contribution in [3.63, 3.8) is 0 Å². The van der Waals surface area contributed by atoms with E-state index in [0.29, 0.717) is 5.56 Å². The van der Waals surface area contributed by atoms with Gasteiger partial charge < -0.3 is 9.30 Å². The third kappa shape index (κ3) is 2.53. The molecule has 0 N–H and O–H groups in total. The molecule has 0 aliphatic rings. The van der Waals surface area contributed by atoms with E-state index < -0.39 is 0 Å². The lowest BCUT2D eigenvalue weighted by atomic mass is 10.1. The number of fused-ring (bicyclic) bond motifs is 1. The van der Waals surface area contributed by atoms with E-state index in [9.17, 15) is 0 Å². The molecule has 110 valence electrons. The average molecular weight is 290 g/mol. The van der Waals surface area contributed by atoms with Gasteiger partial charge in [0.25, 0.3) is 0 Å². The van der Waals surface area contributed by atoms with E-state index in [1.165, 1.54) is 5.69 Å². The molecule has 0 radical (unpaired) electrons. The van der Waals surface area contributed by atoms with Crippen molar-refractivity contribution in [2.45, 2.75) is 13.8 Å². The summed E-state index contributed by atoms with van der Waals surface area (Å²) in [6.45, 7) is 6.32. The summed E-state index contributed by atoms with van der Waals surface area (Å²) >= 11 is 0. The van der Waals surface area contributed by atoms with E-state index in [4.69, 9.17) is 5.26 Å². The van der Waals surface area contributed by atoms with Gasteiger partial charge in [0, 0.05) is 36.7 Å². The number of aromatic nitrogens is 2. The van der Waals surface area contributed by atoms with Gasteiger partial charge in [0.15, 0.2) is 0 Å². The van der Waals surface area contributed by atoms with E-state index >= 15 is 0 Å². The van der Waals surface area contributed by atoms with Gasteiger partial charge in [-0.2, -0.15) is 5.26 Å². The Hall–Kier alpha value is -2.80. The first-order valence-corrected chi connectivity index (χ1v) is 7.49. The molecule has 0 amide bonds. The molecular weight excluding hydrogens is 272 g/mol. The van der Waals surface area contributed by atoms with Gasteiger partial charge in [-0.1, -0.05) is 12.1 Å². The van der Waals surface area contributed by atoms with Crippen LogP contribution in [0.15, 0.2) is 48.8 Å². The maximum Gasteiger partial charge on any atom is 0.137 e. The Morgan fingerprint density at radius 2 is 1.77 bits per heavy atom. The SMILES string of the molecule is CCN(CC)c1ccc(-c2cn3cc(C#N)ccc3n2)cc1. The number of nitriles is 1. The Kier molecular flexibility index (Phi) is 3.80. The molecule has 2 heterocycles. The van der Waals surface area contributed by atoms with Gasteiger partial charge in [-0.3, -0.25) is 0 Å². The third-order valence-corrected chi connectivity index (χ3v) is 3.87. The summed E-state index contributed by atoms with van der Waals surface area (Å²) in [7, 11) is 0. The van der Waals surface area contributed by atoms with Crippen LogP contribution in [0.2, 0.25) is 0 Å². The number of pyridine rings is 1. The monoisotopic (exact) mass is 290 g/mol. The second-order valence-corrected chi connectivity index (χ2v) is 5.14. The van der Waals surface area contributed by atoms with Crippen LogP contribution in [0, 0.1) is 11.3 Å². The quantitative estimate of drug-likeness (QED) is 0.735. The van der Waals surface area contributed by atoms with Crippen molar-refractivity contribution in [2.24, 2.45) is 0 Å². The van der Waals surface area contributed by atoms with E-state index in [-0.39, 0.29) is 0 Å². The van der Waals surface area contributed by atoms with Gasteiger partial charge in [-0.25, -0.2) is 4.98 Å². The van der Waals surface area contributed by atoms with Crippen molar-refractivity contribution in [1.82, 2.24) is 9.38 Å². The number of hydrogen-bond acceptors (Lipinski definition) is 3. The molecule has 22 heavy (non-hydrogen) atoms. The Balaban J connectivity index is 1.95. The molecule has 3 rings (SSSR count). The molecular formula is C18H18N4. The standard InChI is InChI=1S/C18H18N4/c1-3-21(4-2)16-8-6-15(7-9-16)17-13-22-12-14(11-19)5-10-18(22)20-17/h5-10,12-13H,3-4H2,1-2H3. The number of imidazole rings is 1. The Bertz CT molecular complexity index is 820. The Morgan fingerprint density at radius 1 is 1.05 bits per heavy atom. The Morgan fingerprint density at radius 3 is 2.41 bits per heavy atom. The number of anilines is 1. The lowest BCUT2D eigenvalue weighted by Crippen LogP contribution is -2.21. The van der Waals surface area contributed by atoms with Crippen LogP contribution in [0.5, 0.6) is 0 Å². The number of hydrogen-bond donors (Lipinski definition) is 0. The fourth-order valence-electron chi connectivity index (χ4n) is 2.63. The second kappa shape index (κ2) is 5.90. The van der Waals surface area contributed by atoms with Crippen LogP contribution in [-0.2, 0) is 0 Å². The summed E-state index contributed by atoms with van der Waals surface area (Å²) in [4.78, 5) is 6.93. The van der Waals surface area contributed by atoms with Gasteiger partial charge in [0.2, 0.25) is 0 Å². The molecule has 0 aliphatic carbocycles. The first-order chi connectivity index (χ1) is 10.7. The summed E-state index contributed by atoms with van der Waals surface area (Å²) in [6, 6.07) is 14.3. The molecule has 0 atom stereocenters. The highest BCUT2D eigenvalue weighted by molar-refractivity contribution is 5.65. The van der Waals surface area contributed by atoms with E-state index in [2.05, 4.69) is 54.1 Å². The normalized spacial score (nSPS) is 10.6. The second-order valence-electron chi connectivity index (χ2n) is 5.14. The van der Waals surface area contributed by atoms with Crippen molar-refractivity contribution in [2.75, 3.05) is 18.0 Å². The fourth-order valence-corrected chi connectivity index (χ4v) is 2.63. The minimum atomic E-state index is 0.633. The maximum atomic E-state index is 8.96. The van der Waals surface area contributed by atoms with Gasteiger partial charge in [0.05, 0.1) is 11.3 Å². The summed E-state index contributed by atoms with van der Waals surface area (Å²) in [6.07, 6.45) is 3.76. The number of benzene rings is 1. The molecule has 0 unspecified atom stereocenters. The van der Waals surface area contributed by atoms with E-state index in [1.807, 2.05) is 16.7 Å². The summed E-state index contributed by atoms with van der Waals surface area (Å²) < 4.78 is 1.90. The van der Waals surface area contributed by atoms with Crippen LogP contribution in [0.4, 0.5) is 5.69 Å². The van der Waals surface area contributed by atoms with Crippen molar-refractivity contribution in [3.8, 4) is 17.3 Å². The van der Waals surface area contributed by atoms with Crippen LogP contribution in [-0.4, -0.2) is 22.5 Å². The summed E-state index contributed by atoms with van der Waals surface area (Å²) in [5.74, 6) is 0. The first-order valence-electron chi connectivity index (χ1n) is 7.49. The topological polar surface area (TPSA) is 44.3 Å². The zero-order valence-corrected chi connectivity index (χ0v) is 12.8. The zero-order chi connectivity index (χ0) is 15.5. The van der Waals surface area contributed by atoms with Crippen molar-refractivity contribution < 1.29 is 0 Å². The van der Waals surface area contributed by atoms with E-state index in [1.54, 1.807) is 12.3 Å². The third-order valence-electron chi connectivity index (χ3n) is 3.87. The predicted molar refractivity (Wildman–Crippen MR) is 88.9 cm³/mol. The molecule has 0 saturated carbocycles. The minimum absolute atomic E-state index is 0.633. The molecule has 3 aromatic rings. The van der Waals surface area contributed by atoms with Gasteiger partial charge in [-0.15, -0.1) is 0 Å². The molecule has 0 fully saturated rings. The molecule has 4 heteroatoms. The van der Waals surface area contributed by atoms with Crippen molar-refractivity contribution in [1.29, 1.82) is 5.26 Å². The van der Waals surface area contributed by atoms with Crippen molar-refractivity contribution >= 4 is 11.3 Å². The highest BCUT2D eigenvalue weighted by Crippen LogP contribution is 2.23. The minimum Gasteiger partial charge on any atom is -0.372 e. The number of nitrogens with zero attached hydrogens (tertiary/aromatic N) is 4. The van der Waals surface area contributed by atoms with E-state index in [0.717, 1.165) is 30.0 Å². The largest absolute Gasteiger partial charge is 0.372 e. The lowest BCUT2D eigenvalue weighted by Gasteiger charge is -2.20. The smallest absolute Gasteiger partial charge is 0.137 e. The number of rotatable bonds is 4. The molecule has 0 aliphatic heterocycles. The van der Waals surface area contributed by atoms with Crippen LogP contribution in [0.3, 0.4) is 0 Å². The Labute approximate surface area is 130 Å². The molecule has 0 bridgehead atoms. The van der Waals surface area contributed by atoms with Gasteiger partial charge >= 0.3 is 0 Å².